The number of thioether (sulfide) groups is 1. The van der Waals surface area contributed by atoms with Gasteiger partial charge >= 0.3 is 0 Å². The molecule has 0 fully saturated rings. The van der Waals surface area contributed by atoms with Crippen molar-refractivity contribution in [2.45, 2.75) is 17.9 Å². The minimum atomic E-state index is -3.82. The van der Waals surface area contributed by atoms with E-state index in [0.29, 0.717) is 26.9 Å². The van der Waals surface area contributed by atoms with Crippen molar-refractivity contribution in [1.82, 2.24) is 4.31 Å². The molecule has 0 unspecified atom stereocenters. The normalized spacial score (nSPS) is 17.7. The number of hydrogen-bond donors (Lipinski definition) is 0. The molecule has 0 aliphatic carbocycles. The first-order valence-corrected chi connectivity index (χ1v) is 11.4. The van der Waals surface area contributed by atoms with Crippen LogP contribution in [0.5, 0.6) is 0 Å². The summed E-state index contributed by atoms with van der Waals surface area (Å²) in [5.41, 5.74) is 1.17. The second kappa shape index (κ2) is 8.37. The molecule has 1 atom stereocenters. The highest BCUT2D eigenvalue weighted by Crippen LogP contribution is 2.40. The standard InChI is InChI=1S/C19H17Cl2NO3S2/c1-2-26-19(23)17-11-12-22(18(17)13-3-5-14(20)6-4-13)27(24,25)16-9-7-15(21)8-10-16/h3-11,18H,2,12H2,1H3/t18-/m0/s1. The first-order chi connectivity index (χ1) is 12.8. The molecule has 8 heteroatoms. The van der Waals surface area contributed by atoms with Crippen molar-refractivity contribution in [3.63, 3.8) is 0 Å². The van der Waals surface area contributed by atoms with Crippen molar-refractivity contribution in [3.05, 3.63) is 75.8 Å². The van der Waals surface area contributed by atoms with Gasteiger partial charge in [-0.1, -0.05) is 60.1 Å². The highest BCUT2D eigenvalue weighted by molar-refractivity contribution is 8.14. The zero-order valence-electron chi connectivity index (χ0n) is 14.4. The Labute approximate surface area is 173 Å². The SMILES string of the molecule is CCSC(=O)C1=CCN(S(=O)(=O)c2ccc(Cl)cc2)[C@H]1c1ccc(Cl)cc1. The number of sulfonamides is 1. The molecule has 2 aromatic rings. The van der Waals surface area contributed by atoms with E-state index in [1.54, 1.807) is 30.3 Å². The van der Waals surface area contributed by atoms with Gasteiger partial charge in [0.2, 0.25) is 15.1 Å². The zero-order chi connectivity index (χ0) is 19.6. The summed E-state index contributed by atoms with van der Waals surface area (Å²) in [7, 11) is -3.82. The van der Waals surface area contributed by atoms with Crippen LogP contribution in [0.25, 0.3) is 0 Å². The van der Waals surface area contributed by atoms with E-state index in [1.807, 2.05) is 6.92 Å². The molecule has 1 aliphatic heterocycles. The first kappa shape index (κ1) is 20.4. The van der Waals surface area contributed by atoms with Crippen LogP contribution in [0.1, 0.15) is 18.5 Å². The van der Waals surface area contributed by atoms with E-state index < -0.39 is 16.1 Å². The summed E-state index contributed by atoms with van der Waals surface area (Å²) in [6, 6.07) is 12.2. The Balaban J connectivity index is 2.05. The number of hydrogen-bond acceptors (Lipinski definition) is 4. The summed E-state index contributed by atoms with van der Waals surface area (Å²) in [6.45, 7) is 2.02. The highest BCUT2D eigenvalue weighted by Gasteiger charge is 2.40. The lowest BCUT2D eigenvalue weighted by Crippen LogP contribution is -2.33. The summed E-state index contributed by atoms with van der Waals surface area (Å²) in [5, 5.41) is 0.882. The van der Waals surface area contributed by atoms with E-state index >= 15 is 0 Å². The second-order valence-electron chi connectivity index (χ2n) is 5.86. The smallest absolute Gasteiger partial charge is 0.244 e. The van der Waals surface area contributed by atoms with E-state index in [4.69, 9.17) is 23.2 Å². The molecule has 0 N–H and O–H groups in total. The molecule has 3 rings (SSSR count). The number of carbonyl (C=O) groups excluding carboxylic acids is 1. The number of benzene rings is 2. The van der Waals surface area contributed by atoms with Gasteiger partial charge in [-0.25, -0.2) is 8.42 Å². The largest absolute Gasteiger partial charge is 0.282 e. The van der Waals surface area contributed by atoms with Gasteiger partial charge in [0, 0.05) is 22.2 Å². The van der Waals surface area contributed by atoms with Crippen LogP contribution in [-0.2, 0) is 14.8 Å². The van der Waals surface area contributed by atoms with Crippen LogP contribution in [0, 0.1) is 0 Å². The van der Waals surface area contributed by atoms with Crippen LogP contribution < -0.4 is 0 Å². The van der Waals surface area contributed by atoms with Crippen molar-refractivity contribution < 1.29 is 13.2 Å². The van der Waals surface area contributed by atoms with Crippen LogP contribution in [0.2, 0.25) is 10.0 Å². The molecule has 27 heavy (non-hydrogen) atoms. The minimum Gasteiger partial charge on any atom is -0.282 e. The van der Waals surface area contributed by atoms with Gasteiger partial charge in [-0.15, -0.1) is 0 Å². The molecule has 0 radical (unpaired) electrons. The van der Waals surface area contributed by atoms with Gasteiger partial charge in [-0.2, -0.15) is 4.31 Å². The summed E-state index contributed by atoms with van der Waals surface area (Å²) in [6.07, 6.45) is 1.69. The van der Waals surface area contributed by atoms with E-state index in [0.717, 1.165) is 0 Å². The average molecular weight is 442 g/mol. The van der Waals surface area contributed by atoms with Crippen molar-refractivity contribution in [2.24, 2.45) is 0 Å². The Morgan fingerprint density at radius 3 is 2.19 bits per heavy atom. The van der Waals surface area contributed by atoms with Crippen LogP contribution >= 0.6 is 35.0 Å². The predicted molar refractivity (Wildman–Crippen MR) is 111 cm³/mol. The molecule has 0 saturated heterocycles. The Kier molecular flexibility index (Phi) is 6.33. The summed E-state index contributed by atoms with van der Waals surface area (Å²) < 4.78 is 27.8. The Morgan fingerprint density at radius 1 is 1.07 bits per heavy atom. The number of nitrogens with zero attached hydrogens (tertiary/aromatic N) is 1. The maximum absolute atomic E-state index is 13.2. The fourth-order valence-electron chi connectivity index (χ4n) is 2.94. The molecular formula is C19H17Cl2NO3S2. The van der Waals surface area contributed by atoms with Crippen molar-refractivity contribution in [1.29, 1.82) is 0 Å². The fourth-order valence-corrected chi connectivity index (χ4v) is 5.35. The molecule has 1 heterocycles. The van der Waals surface area contributed by atoms with Gasteiger partial charge in [0.15, 0.2) is 0 Å². The Hall–Kier alpha value is -1.31. The molecule has 0 spiro atoms. The quantitative estimate of drug-likeness (QED) is 0.658. The zero-order valence-corrected chi connectivity index (χ0v) is 17.6. The van der Waals surface area contributed by atoms with Gasteiger partial charge in [0.25, 0.3) is 0 Å². The Bertz CT molecular complexity index is 971. The van der Waals surface area contributed by atoms with Gasteiger partial charge in [0.05, 0.1) is 10.9 Å². The molecular weight excluding hydrogens is 425 g/mol. The molecule has 0 bridgehead atoms. The third-order valence-electron chi connectivity index (χ3n) is 4.19. The fraction of sp³-hybridized carbons (Fsp3) is 0.211. The van der Waals surface area contributed by atoms with Crippen LogP contribution in [0.15, 0.2) is 65.1 Å². The summed E-state index contributed by atoms with van der Waals surface area (Å²) in [5.74, 6) is 0.618. The molecule has 2 aromatic carbocycles. The van der Waals surface area contributed by atoms with E-state index in [2.05, 4.69) is 0 Å². The maximum Gasteiger partial charge on any atom is 0.244 e. The maximum atomic E-state index is 13.2. The first-order valence-electron chi connectivity index (χ1n) is 8.24. The lowest BCUT2D eigenvalue weighted by molar-refractivity contribution is -0.108. The molecule has 1 aliphatic rings. The third kappa shape index (κ3) is 4.25. The van der Waals surface area contributed by atoms with E-state index in [1.165, 1.54) is 40.3 Å². The number of rotatable bonds is 5. The van der Waals surface area contributed by atoms with Gasteiger partial charge < -0.3 is 0 Å². The third-order valence-corrected chi connectivity index (χ3v) is 7.33. The minimum absolute atomic E-state index is 0.119. The highest BCUT2D eigenvalue weighted by atomic mass is 35.5. The number of carbonyl (C=O) groups is 1. The number of halogens is 2. The van der Waals surface area contributed by atoms with Gasteiger partial charge in [0.1, 0.15) is 0 Å². The van der Waals surface area contributed by atoms with Crippen molar-refractivity contribution >= 4 is 50.1 Å². The van der Waals surface area contributed by atoms with Gasteiger partial charge in [-0.05, 0) is 47.7 Å². The Morgan fingerprint density at radius 2 is 1.63 bits per heavy atom. The monoisotopic (exact) mass is 441 g/mol. The predicted octanol–water partition coefficient (Wildman–Crippen LogP) is 4.95. The van der Waals surface area contributed by atoms with Crippen molar-refractivity contribution in [2.75, 3.05) is 12.3 Å². The van der Waals surface area contributed by atoms with E-state index in [-0.39, 0.29) is 16.6 Å². The topological polar surface area (TPSA) is 54.5 Å². The molecule has 142 valence electrons. The summed E-state index contributed by atoms with van der Waals surface area (Å²) in [4.78, 5) is 12.7. The molecule has 4 nitrogen and oxygen atoms in total. The molecule has 0 saturated carbocycles. The second-order valence-corrected chi connectivity index (χ2v) is 9.86. The summed E-state index contributed by atoms with van der Waals surface area (Å²) >= 11 is 13.0. The van der Waals surface area contributed by atoms with Crippen molar-refractivity contribution in [3.8, 4) is 0 Å². The van der Waals surface area contributed by atoms with Crippen LogP contribution in [-0.4, -0.2) is 30.1 Å². The lowest BCUT2D eigenvalue weighted by atomic mass is 10.0. The van der Waals surface area contributed by atoms with E-state index in [9.17, 15) is 13.2 Å². The van der Waals surface area contributed by atoms with Crippen LogP contribution in [0.4, 0.5) is 0 Å². The molecule has 0 aromatic heterocycles. The molecule has 0 amide bonds. The lowest BCUT2D eigenvalue weighted by Gasteiger charge is -2.26. The van der Waals surface area contributed by atoms with Crippen LogP contribution in [0.3, 0.4) is 0 Å². The average Bonchev–Trinajstić information content (AvgIpc) is 3.09. The van der Waals surface area contributed by atoms with Gasteiger partial charge in [-0.3, -0.25) is 4.79 Å².